The van der Waals surface area contributed by atoms with E-state index in [4.69, 9.17) is 9.47 Å². The van der Waals surface area contributed by atoms with Gasteiger partial charge >= 0.3 is 6.16 Å². The van der Waals surface area contributed by atoms with Crippen molar-refractivity contribution in [2.45, 2.75) is 77.7 Å². The Hall–Kier alpha value is -1.51. The largest absolute Gasteiger partial charge is 0.514 e. The molecule has 1 aromatic carbocycles. The highest BCUT2D eigenvalue weighted by Gasteiger charge is 2.39. The summed E-state index contributed by atoms with van der Waals surface area (Å²) in [4.78, 5) is 12.0. The van der Waals surface area contributed by atoms with E-state index in [2.05, 4.69) is 13.8 Å². The third kappa shape index (κ3) is 4.77. The van der Waals surface area contributed by atoms with Crippen molar-refractivity contribution in [3.8, 4) is 5.75 Å². The van der Waals surface area contributed by atoms with Crippen molar-refractivity contribution >= 4 is 6.16 Å². The lowest BCUT2D eigenvalue weighted by Gasteiger charge is -2.45. The van der Waals surface area contributed by atoms with Crippen molar-refractivity contribution in [2.24, 2.45) is 17.3 Å². The third-order valence-corrected chi connectivity index (χ3v) is 6.59. The molecule has 2 fully saturated rings. The zero-order chi connectivity index (χ0) is 17.7. The molecule has 0 spiro atoms. The van der Waals surface area contributed by atoms with E-state index in [1.165, 1.54) is 32.1 Å². The van der Waals surface area contributed by atoms with Gasteiger partial charge in [-0.15, -0.1) is 0 Å². The predicted molar refractivity (Wildman–Crippen MR) is 99.7 cm³/mol. The van der Waals surface area contributed by atoms with E-state index in [0.717, 1.165) is 37.5 Å². The minimum Gasteiger partial charge on any atom is -0.431 e. The molecule has 138 valence electrons. The summed E-state index contributed by atoms with van der Waals surface area (Å²) < 4.78 is 10.8. The minimum atomic E-state index is -0.568. The minimum absolute atomic E-state index is 0.00891. The van der Waals surface area contributed by atoms with E-state index in [1.807, 2.05) is 18.2 Å². The van der Waals surface area contributed by atoms with Crippen molar-refractivity contribution in [3.05, 3.63) is 30.3 Å². The fourth-order valence-corrected chi connectivity index (χ4v) is 4.85. The SMILES string of the molecule is CC(C)(C1CCCCC1)C1CCC(OC(=O)Oc2ccccc2)CC1. The zero-order valence-corrected chi connectivity index (χ0v) is 15.7. The molecule has 0 unspecified atom stereocenters. The molecule has 0 aromatic heterocycles. The van der Waals surface area contributed by atoms with Crippen LogP contribution in [0.2, 0.25) is 0 Å². The van der Waals surface area contributed by atoms with Gasteiger partial charge in [0.25, 0.3) is 0 Å². The van der Waals surface area contributed by atoms with Crippen molar-refractivity contribution in [3.63, 3.8) is 0 Å². The van der Waals surface area contributed by atoms with Gasteiger partial charge in [0.05, 0.1) is 0 Å². The standard InChI is InChI=1S/C22H32O3/c1-22(2,17-9-5-3-6-10-17)18-13-15-20(16-14-18)25-21(23)24-19-11-7-4-8-12-19/h4,7-8,11-12,17-18,20H,3,5-6,9-10,13-16H2,1-2H3. The predicted octanol–water partition coefficient (Wildman–Crippen LogP) is 6.37. The van der Waals surface area contributed by atoms with Crippen LogP contribution in [0.5, 0.6) is 5.75 Å². The molecule has 3 nitrogen and oxygen atoms in total. The zero-order valence-electron chi connectivity index (χ0n) is 15.7. The molecule has 0 aliphatic heterocycles. The summed E-state index contributed by atoms with van der Waals surface area (Å²) in [5, 5.41) is 0. The van der Waals surface area contributed by atoms with Gasteiger partial charge in [-0.2, -0.15) is 0 Å². The second-order valence-corrected chi connectivity index (χ2v) is 8.41. The molecule has 3 heteroatoms. The fraction of sp³-hybridized carbons (Fsp3) is 0.682. The molecular weight excluding hydrogens is 312 g/mol. The molecule has 0 radical (unpaired) electrons. The maximum absolute atomic E-state index is 12.0. The van der Waals surface area contributed by atoms with Crippen LogP contribution in [0.3, 0.4) is 0 Å². The van der Waals surface area contributed by atoms with Crippen LogP contribution in [-0.2, 0) is 4.74 Å². The van der Waals surface area contributed by atoms with Crippen LogP contribution in [0, 0.1) is 17.3 Å². The van der Waals surface area contributed by atoms with E-state index in [1.54, 1.807) is 12.1 Å². The number of hydrogen-bond acceptors (Lipinski definition) is 3. The summed E-state index contributed by atoms with van der Waals surface area (Å²) >= 11 is 0. The lowest BCUT2D eigenvalue weighted by atomic mass is 9.61. The number of para-hydroxylation sites is 1. The topological polar surface area (TPSA) is 35.5 Å². The molecule has 2 aliphatic rings. The van der Waals surface area contributed by atoms with Gasteiger partial charge in [-0.25, -0.2) is 4.79 Å². The third-order valence-electron chi connectivity index (χ3n) is 6.59. The Morgan fingerprint density at radius 3 is 2.12 bits per heavy atom. The lowest BCUT2D eigenvalue weighted by molar-refractivity contribution is -0.000355. The highest BCUT2D eigenvalue weighted by Crippen LogP contribution is 2.48. The summed E-state index contributed by atoms with van der Waals surface area (Å²) in [5.41, 5.74) is 0.413. The van der Waals surface area contributed by atoms with Crippen LogP contribution in [0.1, 0.15) is 71.6 Å². The monoisotopic (exact) mass is 344 g/mol. The molecule has 0 N–H and O–H groups in total. The molecule has 25 heavy (non-hydrogen) atoms. The Balaban J connectivity index is 1.45. The van der Waals surface area contributed by atoms with Crippen molar-refractivity contribution in [2.75, 3.05) is 0 Å². The van der Waals surface area contributed by atoms with Gasteiger partial charge in [-0.3, -0.25) is 0 Å². The number of carbonyl (C=O) groups excluding carboxylic acids is 1. The first kappa shape index (κ1) is 18.3. The smallest absolute Gasteiger partial charge is 0.431 e. The van der Waals surface area contributed by atoms with E-state index < -0.39 is 6.16 Å². The molecule has 0 saturated heterocycles. The average molecular weight is 344 g/mol. The second-order valence-electron chi connectivity index (χ2n) is 8.41. The quantitative estimate of drug-likeness (QED) is 0.470. The van der Waals surface area contributed by atoms with Crippen LogP contribution in [0.25, 0.3) is 0 Å². The molecule has 0 amide bonds. The summed E-state index contributed by atoms with van der Waals surface area (Å²) in [6.45, 7) is 4.94. The van der Waals surface area contributed by atoms with Crippen molar-refractivity contribution < 1.29 is 14.3 Å². The number of benzene rings is 1. The van der Waals surface area contributed by atoms with Crippen molar-refractivity contribution in [1.29, 1.82) is 0 Å². The van der Waals surface area contributed by atoms with Crippen LogP contribution >= 0.6 is 0 Å². The van der Waals surface area contributed by atoms with Gasteiger partial charge in [0.15, 0.2) is 0 Å². The Bertz CT molecular complexity index is 538. The molecule has 0 heterocycles. The Kier molecular flexibility index (Phi) is 6.03. The maximum atomic E-state index is 12.0. The van der Waals surface area contributed by atoms with Crippen LogP contribution in [0.4, 0.5) is 4.79 Å². The number of rotatable bonds is 4. The van der Waals surface area contributed by atoms with E-state index in [-0.39, 0.29) is 6.10 Å². The average Bonchev–Trinajstić information content (AvgIpc) is 2.63. The Labute approximate surface area is 152 Å². The molecule has 1 aromatic rings. The van der Waals surface area contributed by atoms with Crippen LogP contribution in [0.15, 0.2) is 30.3 Å². The Morgan fingerprint density at radius 2 is 1.48 bits per heavy atom. The van der Waals surface area contributed by atoms with Gasteiger partial charge in [-0.05, 0) is 67.9 Å². The Morgan fingerprint density at radius 1 is 0.880 bits per heavy atom. The van der Waals surface area contributed by atoms with Gasteiger partial charge in [-0.1, -0.05) is 51.3 Å². The first-order valence-electron chi connectivity index (χ1n) is 9.99. The normalized spacial score (nSPS) is 25.4. The van der Waals surface area contributed by atoms with Gasteiger partial charge < -0.3 is 9.47 Å². The molecule has 3 rings (SSSR count). The van der Waals surface area contributed by atoms with Gasteiger partial charge in [0.1, 0.15) is 11.9 Å². The highest BCUT2D eigenvalue weighted by atomic mass is 16.7. The fourth-order valence-electron chi connectivity index (χ4n) is 4.85. The molecule has 2 aliphatic carbocycles. The van der Waals surface area contributed by atoms with Gasteiger partial charge in [0.2, 0.25) is 0 Å². The molecule has 2 saturated carbocycles. The summed E-state index contributed by atoms with van der Waals surface area (Å²) in [7, 11) is 0. The van der Waals surface area contributed by atoms with Crippen LogP contribution in [-0.4, -0.2) is 12.3 Å². The first-order valence-corrected chi connectivity index (χ1v) is 9.99. The van der Waals surface area contributed by atoms with E-state index >= 15 is 0 Å². The van der Waals surface area contributed by atoms with E-state index in [9.17, 15) is 4.79 Å². The first-order chi connectivity index (χ1) is 12.1. The lowest BCUT2D eigenvalue weighted by Crippen LogP contribution is -2.37. The highest BCUT2D eigenvalue weighted by molar-refractivity contribution is 5.63. The summed E-state index contributed by atoms with van der Waals surface area (Å²) in [6, 6.07) is 9.13. The number of carbonyl (C=O) groups is 1. The summed E-state index contributed by atoms with van der Waals surface area (Å²) in [6.07, 6.45) is 10.7. The van der Waals surface area contributed by atoms with Gasteiger partial charge in [0, 0.05) is 0 Å². The summed E-state index contributed by atoms with van der Waals surface area (Å²) in [5.74, 6) is 2.16. The molecule has 0 bridgehead atoms. The number of hydrogen-bond donors (Lipinski definition) is 0. The molecule has 0 atom stereocenters. The maximum Gasteiger partial charge on any atom is 0.514 e. The number of ether oxygens (including phenoxy) is 2. The van der Waals surface area contributed by atoms with E-state index in [0.29, 0.717) is 11.2 Å². The van der Waals surface area contributed by atoms with Crippen molar-refractivity contribution in [1.82, 2.24) is 0 Å². The molecular formula is C22H32O3. The second kappa shape index (κ2) is 8.25. The van der Waals surface area contributed by atoms with Crippen LogP contribution < -0.4 is 4.74 Å².